The molecular weight excluding hydrogens is 282 g/mol. The summed E-state index contributed by atoms with van der Waals surface area (Å²) in [6.07, 6.45) is 3.06. The number of sulfonamides is 1. The van der Waals surface area contributed by atoms with Crippen molar-refractivity contribution in [2.45, 2.75) is 37.1 Å². The zero-order chi connectivity index (χ0) is 14.3. The molecule has 104 valence electrons. The van der Waals surface area contributed by atoms with E-state index in [1.807, 2.05) is 13.8 Å². The van der Waals surface area contributed by atoms with E-state index >= 15 is 0 Å². The first-order valence-corrected chi connectivity index (χ1v) is 7.89. The van der Waals surface area contributed by atoms with Crippen LogP contribution in [0.2, 0.25) is 0 Å². The van der Waals surface area contributed by atoms with E-state index in [0.717, 1.165) is 12.8 Å². The highest BCUT2D eigenvalue weighted by atomic mass is 32.2. The average Bonchev–Trinajstić information content (AvgIpc) is 2.69. The Bertz CT molecular complexity index is 594. The second-order valence-electron chi connectivity index (χ2n) is 5.24. The highest BCUT2D eigenvalue weighted by molar-refractivity contribution is 7.89. The van der Waals surface area contributed by atoms with E-state index in [-0.39, 0.29) is 15.4 Å². The minimum absolute atomic E-state index is 0.158. The molecule has 1 saturated heterocycles. The SMILES string of the molecule is CC1(C)CCCN1S(=O)(=O)c1ccc(C(N)=S)nc1. The number of thiocarbonyl (C=S) groups is 1. The lowest BCUT2D eigenvalue weighted by Gasteiger charge is -2.30. The zero-order valence-electron chi connectivity index (χ0n) is 11.0. The molecule has 0 spiro atoms. The van der Waals surface area contributed by atoms with Crippen molar-refractivity contribution in [3.05, 3.63) is 24.0 Å². The maximum Gasteiger partial charge on any atom is 0.245 e. The molecule has 1 aromatic heterocycles. The van der Waals surface area contributed by atoms with Crippen LogP contribution in [0.5, 0.6) is 0 Å². The molecule has 0 aliphatic carbocycles. The second-order valence-corrected chi connectivity index (χ2v) is 7.54. The number of hydrogen-bond donors (Lipinski definition) is 1. The summed E-state index contributed by atoms with van der Waals surface area (Å²) in [5.41, 5.74) is 5.53. The predicted octanol–water partition coefficient (Wildman–Crippen LogP) is 1.28. The van der Waals surface area contributed by atoms with Crippen LogP contribution >= 0.6 is 12.2 Å². The molecule has 2 N–H and O–H groups in total. The van der Waals surface area contributed by atoms with Crippen molar-refractivity contribution in [3.63, 3.8) is 0 Å². The first-order valence-electron chi connectivity index (χ1n) is 6.04. The van der Waals surface area contributed by atoms with Crippen molar-refractivity contribution in [1.29, 1.82) is 0 Å². The number of aromatic nitrogens is 1. The summed E-state index contributed by atoms with van der Waals surface area (Å²) in [4.78, 5) is 4.33. The molecule has 0 atom stereocenters. The summed E-state index contributed by atoms with van der Waals surface area (Å²) in [6.45, 7) is 4.43. The Morgan fingerprint density at radius 2 is 2.16 bits per heavy atom. The van der Waals surface area contributed by atoms with Gasteiger partial charge in [0.2, 0.25) is 10.0 Å². The van der Waals surface area contributed by atoms with Gasteiger partial charge < -0.3 is 5.73 Å². The van der Waals surface area contributed by atoms with Gasteiger partial charge >= 0.3 is 0 Å². The molecule has 0 radical (unpaired) electrons. The molecule has 0 amide bonds. The standard InChI is InChI=1S/C12H17N3O2S2/c1-12(2)6-3-7-15(12)19(16,17)9-4-5-10(11(13)18)14-8-9/h4-5,8H,3,6-7H2,1-2H3,(H2,13,18). The molecule has 1 aliphatic rings. The minimum Gasteiger partial charge on any atom is -0.388 e. The molecular formula is C12H17N3O2S2. The van der Waals surface area contributed by atoms with Gasteiger partial charge in [-0.1, -0.05) is 12.2 Å². The van der Waals surface area contributed by atoms with E-state index in [2.05, 4.69) is 4.98 Å². The fourth-order valence-electron chi connectivity index (χ4n) is 2.33. The van der Waals surface area contributed by atoms with Crippen molar-refractivity contribution in [3.8, 4) is 0 Å². The van der Waals surface area contributed by atoms with Crippen LogP contribution in [0.1, 0.15) is 32.4 Å². The van der Waals surface area contributed by atoms with Crippen LogP contribution in [0.15, 0.2) is 23.2 Å². The van der Waals surface area contributed by atoms with Crippen LogP contribution in [-0.2, 0) is 10.0 Å². The van der Waals surface area contributed by atoms with Gasteiger partial charge in [0.15, 0.2) is 0 Å². The van der Waals surface area contributed by atoms with Crippen molar-refractivity contribution in [2.75, 3.05) is 6.54 Å². The normalized spacial score (nSPS) is 19.5. The minimum atomic E-state index is -3.50. The third-order valence-corrected chi connectivity index (χ3v) is 5.71. The number of nitrogens with zero attached hydrogens (tertiary/aromatic N) is 2. The van der Waals surface area contributed by atoms with Crippen molar-refractivity contribution < 1.29 is 8.42 Å². The fraction of sp³-hybridized carbons (Fsp3) is 0.500. The number of hydrogen-bond acceptors (Lipinski definition) is 4. The lowest BCUT2D eigenvalue weighted by molar-refractivity contribution is 0.291. The third kappa shape index (κ3) is 2.63. The summed E-state index contributed by atoms with van der Waals surface area (Å²) in [5, 5.41) is 0. The molecule has 0 saturated carbocycles. The Morgan fingerprint density at radius 1 is 1.47 bits per heavy atom. The van der Waals surface area contributed by atoms with Gasteiger partial charge in [-0.15, -0.1) is 0 Å². The van der Waals surface area contributed by atoms with Crippen LogP contribution in [0.3, 0.4) is 0 Å². The maximum atomic E-state index is 12.6. The van der Waals surface area contributed by atoms with E-state index in [4.69, 9.17) is 18.0 Å². The van der Waals surface area contributed by atoms with Crippen LogP contribution < -0.4 is 5.73 Å². The van der Waals surface area contributed by atoms with E-state index in [9.17, 15) is 8.42 Å². The molecule has 1 aliphatic heterocycles. The lowest BCUT2D eigenvalue weighted by atomic mass is 10.0. The van der Waals surface area contributed by atoms with Gasteiger partial charge in [0.1, 0.15) is 9.88 Å². The highest BCUT2D eigenvalue weighted by Crippen LogP contribution is 2.33. The van der Waals surface area contributed by atoms with Gasteiger partial charge in [-0.2, -0.15) is 4.31 Å². The number of pyridine rings is 1. The average molecular weight is 299 g/mol. The maximum absolute atomic E-state index is 12.6. The summed E-state index contributed by atoms with van der Waals surface area (Å²) >= 11 is 4.80. The number of rotatable bonds is 3. The molecule has 19 heavy (non-hydrogen) atoms. The second kappa shape index (κ2) is 4.81. The van der Waals surface area contributed by atoms with E-state index in [1.54, 1.807) is 0 Å². The van der Waals surface area contributed by atoms with E-state index in [0.29, 0.717) is 12.2 Å². The Kier molecular flexibility index (Phi) is 3.63. The molecule has 0 bridgehead atoms. The van der Waals surface area contributed by atoms with Crippen molar-refractivity contribution in [1.82, 2.24) is 9.29 Å². The van der Waals surface area contributed by atoms with Crippen LogP contribution in [0.4, 0.5) is 0 Å². The van der Waals surface area contributed by atoms with Gasteiger partial charge in [-0.3, -0.25) is 4.98 Å². The van der Waals surface area contributed by atoms with Gasteiger partial charge in [-0.25, -0.2) is 8.42 Å². The van der Waals surface area contributed by atoms with Gasteiger partial charge in [0.05, 0.1) is 5.69 Å². The van der Waals surface area contributed by atoms with Crippen LogP contribution in [0, 0.1) is 0 Å². The smallest absolute Gasteiger partial charge is 0.245 e. The molecule has 7 heteroatoms. The lowest BCUT2D eigenvalue weighted by Crippen LogP contribution is -2.42. The first-order chi connectivity index (χ1) is 8.75. The molecule has 1 aromatic rings. The van der Waals surface area contributed by atoms with Crippen molar-refractivity contribution in [2.24, 2.45) is 5.73 Å². The molecule has 0 aromatic carbocycles. The van der Waals surface area contributed by atoms with E-state index in [1.165, 1.54) is 22.6 Å². The van der Waals surface area contributed by atoms with Crippen LogP contribution in [0.25, 0.3) is 0 Å². The Hall–Kier alpha value is -1.05. The molecule has 1 fully saturated rings. The summed E-state index contributed by atoms with van der Waals surface area (Å²) < 4.78 is 26.6. The molecule has 2 heterocycles. The summed E-state index contributed by atoms with van der Waals surface area (Å²) in [6, 6.07) is 3.05. The summed E-state index contributed by atoms with van der Waals surface area (Å²) in [5.74, 6) is 0. The van der Waals surface area contributed by atoms with Gasteiger partial charge in [-0.05, 0) is 38.8 Å². The quantitative estimate of drug-likeness (QED) is 0.851. The van der Waals surface area contributed by atoms with Crippen molar-refractivity contribution >= 4 is 27.2 Å². The fourth-order valence-corrected chi connectivity index (χ4v) is 4.25. The Balaban J connectivity index is 2.37. The highest BCUT2D eigenvalue weighted by Gasteiger charge is 2.40. The Morgan fingerprint density at radius 3 is 2.58 bits per heavy atom. The largest absolute Gasteiger partial charge is 0.388 e. The topological polar surface area (TPSA) is 76.3 Å². The zero-order valence-corrected chi connectivity index (χ0v) is 12.6. The predicted molar refractivity (Wildman–Crippen MR) is 77.3 cm³/mol. The molecule has 0 unspecified atom stereocenters. The first kappa shape index (κ1) is 14.4. The number of nitrogens with two attached hydrogens (primary N) is 1. The molecule has 2 rings (SSSR count). The van der Waals surface area contributed by atoms with Gasteiger partial charge in [0.25, 0.3) is 0 Å². The summed E-state index contributed by atoms with van der Waals surface area (Å²) in [7, 11) is -3.50. The van der Waals surface area contributed by atoms with Gasteiger partial charge in [0, 0.05) is 18.3 Å². The third-order valence-electron chi connectivity index (χ3n) is 3.40. The molecule has 5 nitrogen and oxygen atoms in total. The van der Waals surface area contributed by atoms with E-state index < -0.39 is 10.0 Å². The Labute approximate surface area is 118 Å². The monoisotopic (exact) mass is 299 g/mol. The van der Waals surface area contributed by atoms with Crippen LogP contribution in [-0.4, -0.2) is 34.8 Å².